The number of nitrogens with one attached hydrogen (secondary N) is 1. The third-order valence-corrected chi connectivity index (χ3v) is 2.78. The van der Waals surface area contributed by atoms with Crippen molar-refractivity contribution in [2.75, 3.05) is 5.32 Å². The second-order valence-corrected chi connectivity index (χ2v) is 4.99. The molecule has 1 aromatic rings. The van der Waals surface area contributed by atoms with Gasteiger partial charge in [-0.05, 0) is 35.0 Å². The van der Waals surface area contributed by atoms with Crippen LogP contribution in [0.3, 0.4) is 0 Å². The lowest BCUT2D eigenvalue weighted by Gasteiger charge is -1.98. The summed E-state index contributed by atoms with van der Waals surface area (Å²) in [7, 11) is 0. The Kier molecular flexibility index (Phi) is 3.62. The maximum atomic E-state index is 11.1. The van der Waals surface area contributed by atoms with Gasteiger partial charge in [-0.1, -0.05) is 0 Å². The molecule has 0 radical (unpaired) electrons. The number of Topliss-reactive ketones (excluding diaryl/α,β-unsaturated/α-hetero) is 1. The number of hydrogen-bond donors (Lipinski definition) is 1. The van der Waals surface area contributed by atoms with Crippen LogP contribution >= 0.6 is 27.3 Å². The highest BCUT2D eigenvalue weighted by molar-refractivity contribution is 9.11. The van der Waals surface area contributed by atoms with Gasteiger partial charge in [-0.15, -0.1) is 11.3 Å². The molecule has 0 unspecified atom stereocenters. The van der Waals surface area contributed by atoms with Crippen LogP contribution in [0.1, 0.15) is 13.3 Å². The number of carbonyl (C=O) groups excluding carboxylic acids is 2. The number of halogens is 1. The van der Waals surface area contributed by atoms with Gasteiger partial charge in [0, 0.05) is 0 Å². The Morgan fingerprint density at radius 2 is 2.23 bits per heavy atom. The third kappa shape index (κ3) is 3.69. The van der Waals surface area contributed by atoms with Crippen molar-refractivity contribution in [3.05, 3.63) is 15.9 Å². The Hall–Kier alpha value is -0.680. The minimum Gasteiger partial charge on any atom is -0.317 e. The van der Waals surface area contributed by atoms with Crippen molar-refractivity contribution in [2.45, 2.75) is 13.3 Å². The smallest absolute Gasteiger partial charge is 0.232 e. The summed E-state index contributed by atoms with van der Waals surface area (Å²) in [6.07, 6.45) is -0.0600. The van der Waals surface area contributed by atoms with E-state index >= 15 is 0 Å². The molecule has 0 aromatic carbocycles. The zero-order chi connectivity index (χ0) is 9.84. The van der Waals surface area contributed by atoms with E-state index < -0.39 is 0 Å². The monoisotopic (exact) mass is 261 g/mol. The summed E-state index contributed by atoms with van der Waals surface area (Å²) in [5.74, 6) is -0.394. The Labute approximate surface area is 88.3 Å². The number of carbonyl (C=O) groups is 2. The number of rotatable bonds is 3. The molecule has 1 rings (SSSR count). The first-order valence-corrected chi connectivity index (χ1v) is 5.23. The molecule has 0 saturated carbocycles. The third-order valence-electron chi connectivity index (χ3n) is 1.25. The molecular formula is C8H8BrNO2S. The largest absolute Gasteiger partial charge is 0.317 e. The molecule has 0 atom stereocenters. The van der Waals surface area contributed by atoms with Crippen molar-refractivity contribution in [3.8, 4) is 0 Å². The molecule has 0 spiro atoms. The first-order chi connectivity index (χ1) is 6.08. The highest BCUT2D eigenvalue weighted by Crippen LogP contribution is 2.26. The van der Waals surface area contributed by atoms with Crippen molar-refractivity contribution in [1.82, 2.24) is 0 Å². The minimum absolute atomic E-state index is 0.0600. The number of hydrogen-bond acceptors (Lipinski definition) is 3. The van der Waals surface area contributed by atoms with Gasteiger partial charge in [-0.25, -0.2) is 0 Å². The van der Waals surface area contributed by atoms with Crippen LogP contribution in [0.15, 0.2) is 15.9 Å². The van der Waals surface area contributed by atoms with Gasteiger partial charge >= 0.3 is 0 Å². The first-order valence-electron chi connectivity index (χ1n) is 3.62. The minimum atomic E-state index is -0.262. The van der Waals surface area contributed by atoms with Gasteiger partial charge in [-0.2, -0.15) is 0 Å². The van der Waals surface area contributed by atoms with Crippen LogP contribution in [-0.4, -0.2) is 11.7 Å². The van der Waals surface area contributed by atoms with E-state index in [2.05, 4.69) is 21.2 Å². The summed E-state index contributed by atoms with van der Waals surface area (Å²) in [5, 5.41) is 3.37. The van der Waals surface area contributed by atoms with Gasteiger partial charge in [0.05, 0.1) is 15.2 Å². The molecule has 1 amide bonds. The van der Waals surface area contributed by atoms with Gasteiger partial charge < -0.3 is 5.32 Å². The maximum absolute atomic E-state index is 11.1. The molecule has 70 valence electrons. The van der Waals surface area contributed by atoms with E-state index in [-0.39, 0.29) is 18.1 Å². The summed E-state index contributed by atoms with van der Waals surface area (Å²) in [6, 6.07) is 3.63. The lowest BCUT2D eigenvalue weighted by Crippen LogP contribution is -2.13. The molecule has 1 aromatic heterocycles. The molecule has 0 saturated heterocycles. The molecule has 0 aliphatic heterocycles. The second-order valence-electron chi connectivity index (χ2n) is 2.53. The van der Waals surface area contributed by atoms with Gasteiger partial charge in [0.15, 0.2) is 0 Å². The van der Waals surface area contributed by atoms with Crippen molar-refractivity contribution in [2.24, 2.45) is 0 Å². The predicted octanol–water partition coefficient (Wildman–Crippen LogP) is 2.43. The van der Waals surface area contributed by atoms with Crippen molar-refractivity contribution in [1.29, 1.82) is 0 Å². The van der Waals surface area contributed by atoms with Gasteiger partial charge in [0.1, 0.15) is 5.78 Å². The number of ketones is 1. The Bertz CT molecular complexity index is 335. The number of amides is 1. The van der Waals surface area contributed by atoms with Gasteiger partial charge in [0.25, 0.3) is 0 Å². The molecule has 0 aliphatic rings. The summed E-state index contributed by atoms with van der Waals surface area (Å²) in [5.41, 5.74) is 0. The van der Waals surface area contributed by atoms with Gasteiger partial charge in [-0.3, -0.25) is 9.59 Å². The topological polar surface area (TPSA) is 46.2 Å². The van der Waals surface area contributed by atoms with Crippen LogP contribution in [-0.2, 0) is 9.59 Å². The second kappa shape index (κ2) is 4.53. The number of anilines is 1. The summed E-state index contributed by atoms with van der Waals surface area (Å²) in [4.78, 5) is 21.7. The van der Waals surface area contributed by atoms with E-state index in [9.17, 15) is 9.59 Å². The molecular weight excluding hydrogens is 254 g/mol. The van der Waals surface area contributed by atoms with Crippen LogP contribution in [0, 0.1) is 0 Å². The van der Waals surface area contributed by atoms with Crippen LogP contribution in [0.25, 0.3) is 0 Å². The quantitative estimate of drug-likeness (QED) is 0.850. The molecule has 3 nitrogen and oxygen atoms in total. The highest BCUT2D eigenvalue weighted by Gasteiger charge is 2.06. The van der Waals surface area contributed by atoms with E-state index in [4.69, 9.17) is 0 Å². The predicted molar refractivity (Wildman–Crippen MR) is 55.9 cm³/mol. The van der Waals surface area contributed by atoms with Crippen LogP contribution in [0.2, 0.25) is 0 Å². The zero-order valence-electron chi connectivity index (χ0n) is 6.96. The molecule has 0 aliphatic carbocycles. The van der Waals surface area contributed by atoms with E-state index in [1.54, 1.807) is 6.07 Å². The molecule has 0 fully saturated rings. The normalized spacial score (nSPS) is 9.69. The van der Waals surface area contributed by atoms with E-state index in [0.717, 1.165) is 8.79 Å². The molecule has 13 heavy (non-hydrogen) atoms. The van der Waals surface area contributed by atoms with Crippen LogP contribution < -0.4 is 5.32 Å². The fraction of sp³-hybridized carbons (Fsp3) is 0.250. The number of thiophene rings is 1. The standard InChI is InChI=1S/C8H8BrNO2S/c1-5(11)4-7(12)10-8-3-2-6(9)13-8/h2-3H,4H2,1H3,(H,10,12). The fourth-order valence-corrected chi connectivity index (χ4v) is 2.09. The van der Waals surface area contributed by atoms with E-state index in [1.165, 1.54) is 18.3 Å². The van der Waals surface area contributed by atoms with Crippen molar-refractivity contribution >= 4 is 44.0 Å². The van der Waals surface area contributed by atoms with Gasteiger partial charge in [0.2, 0.25) is 5.91 Å². The summed E-state index contributed by atoms with van der Waals surface area (Å²) in [6.45, 7) is 1.39. The van der Waals surface area contributed by atoms with E-state index in [1.807, 2.05) is 6.07 Å². The molecule has 0 bridgehead atoms. The molecule has 5 heteroatoms. The molecule has 1 heterocycles. The van der Waals surface area contributed by atoms with Crippen LogP contribution in [0.4, 0.5) is 5.00 Å². The van der Waals surface area contributed by atoms with Crippen molar-refractivity contribution < 1.29 is 9.59 Å². The first kappa shape index (κ1) is 10.4. The maximum Gasteiger partial charge on any atom is 0.232 e. The fourth-order valence-electron chi connectivity index (χ4n) is 0.789. The molecule has 1 N–H and O–H groups in total. The average molecular weight is 262 g/mol. The average Bonchev–Trinajstić information content (AvgIpc) is 2.33. The SMILES string of the molecule is CC(=O)CC(=O)Nc1ccc(Br)s1. The zero-order valence-corrected chi connectivity index (χ0v) is 9.37. The lowest BCUT2D eigenvalue weighted by atomic mass is 10.3. The van der Waals surface area contributed by atoms with Crippen LogP contribution in [0.5, 0.6) is 0 Å². The Morgan fingerprint density at radius 3 is 2.69 bits per heavy atom. The van der Waals surface area contributed by atoms with E-state index in [0.29, 0.717) is 0 Å². The lowest BCUT2D eigenvalue weighted by molar-refractivity contribution is -0.124. The Morgan fingerprint density at radius 1 is 1.54 bits per heavy atom. The summed E-state index contributed by atoms with van der Waals surface area (Å²) < 4.78 is 0.950. The summed E-state index contributed by atoms with van der Waals surface area (Å²) >= 11 is 4.69. The Balaban J connectivity index is 2.50. The van der Waals surface area contributed by atoms with Crippen molar-refractivity contribution in [3.63, 3.8) is 0 Å². The highest BCUT2D eigenvalue weighted by atomic mass is 79.9.